The Morgan fingerprint density at radius 1 is 1.33 bits per heavy atom. The Morgan fingerprint density at radius 3 is 2.89 bits per heavy atom. The lowest BCUT2D eigenvalue weighted by Crippen LogP contribution is -2.23. The van der Waals surface area contributed by atoms with Crippen molar-refractivity contribution in [2.24, 2.45) is 0 Å². The summed E-state index contributed by atoms with van der Waals surface area (Å²) in [6.07, 6.45) is 2.06. The molecular formula is C14H16N2O2. The minimum atomic E-state index is 0.0590. The highest BCUT2D eigenvalue weighted by atomic mass is 16.5. The van der Waals surface area contributed by atoms with Crippen LogP contribution in [0.25, 0.3) is 10.9 Å². The van der Waals surface area contributed by atoms with E-state index in [2.05, 4.69) is 4.98 Å². The van der Waals surface area contributed by atoms with Gasteiger partial charge in [0.05, 0.1) is 24.7 Å². The van der Waals surface area contributed by atoms with Crippen LogP contribution in [0.1, 0.15) is 6.42 Å². The maximum absolute atomic E-state index is 11.4. The summed E-state index contributed by atoms with van der Waals surface area (Å²) >= 11 is 0. The van der Waals surface area contributed by atoms with Crippen LogP contribution in [0.3, 0.4) is 0 Å². The summed E-state index contributed by atoms with van der Waals surface area (Å²) in [5.74, 6) is 0.754. The lowest BCUT2D eigenvalue weighted by atomic mass is 10.2. The number of carbonyl (C=O) groups is 1. The highest BCUT2D eigenvalue weighted by Crippen LogP contribution is 2.17. The number of hydrogen-bond acceptors (Lipinski definition) is 3. The summed E-state index contributed by atoms with van der Waals surface area (Å²) in [5.41, 5.74) is 0.939. The molecule has 0 N–H and O–H groups in total. The van der Waals surface area contributed by atoms with Gasteiger partial charge in [0, 0.05) is 19.5 Å². The molecule has 94 valence electrons. The zero-order chi connectivity index (χ0) is 13.0. The molecule has 4 nitrogen and oxygen atoms in total. The van der Waals surface area contributed by atoms with Crippen LogP contribution >= 0.6 is 0 Å². The third-order valence-electron chi connectivity index (χ3n) is 2.65. The molecule has 0 spiro atoms. The van der Waals surface area contributed by atoms with E-state index in [0.717, 1.165) is 10.9 Å². The van der Waals surface area contributed by atoms with Gasteiger partial charge in [0.15, 0.2) is 0 Å². The molecule has 0 saturated heterocycles. The van der Waals surface area contributed by atoms with Crippen molar-refractivity contribution in [1.29, 1.82) is 0 Å². The molecule has 4 heteroatoms. The molecule has 0 fully saturated rings. The van der Waals surface area contributed by atoms with Crippen LogP contribution in [0.15, 0.2) is 36.5 Å². The van der Waals surface area contributed by atoms with Crippen molar-refractivity contribution in [3.63, 3.8) is 0 Å². The number of aromatic nitrogens is 1. The summed E-state index contributed by atoms with van der Waals surface area (Å²) in [6.45, 7) is 0.372. The smallest absolute Gasteiger partial charge is 0.225 e. The fraction of sp³-hybridized carbons (Fsp3) is 0.286. The van der Waals surface area contributed by atoms with Gasteiger partial charge in [0.1, 0.15) is 5.75 Å². The summed E-state index contributed by atoms with van der Waals surface area (Å²) in [7, 11) is 3.47. The third-order valence-corrected chi connectivity index (χ3v) is 2.65. The van der Waals surface area contributed by atoms with Crippen molar-refractivity contribution >= 4 is 16.8 Å². The Labute approximate surface area is 106 Å². The SMILES string of the molecule is CN(C)C(=O)CCOc1cnc2ccccc2c1. The number of hydrogen-bond donors (Lipinski definition) is 0. The van der Waals surface area contributed by atoms with Gasteiger partial charge in [-0.2, -0.15) is 0 Å². The van der Waals surface area contributed by atoms with E-state index in [4.69, 9.17) is 4.74 Å². The van der Waals surface area contributed by atoms with E-state index >= 15 is 0 Å². The first kappa shape index (κ1) is 12.4. The summed E-state index contributed by atoms with van der Waals surface area (Å²) < 4.78 is 5.52. The number of nitrogens with zero attached hydrogens (tertiary/aromatic N) is 2. The first-order valence-corrected chi connectivity index (χ1v) is 5.84. The fourth-order valence-corrected chi connectivity index (χ4v) is 1.61. The van der Waals surface area contributed by atoms with Crippen LogP contribution in [0, 0.1) is 0 Å². The van der Waals surface area contributed by atoms with Crippen LogP contribution in [-0.4, -0.2) is 36.5 Å². The normalized spacial score (nSPS) is 10.3. The van der Waals surface area contributed by atoms with Gasteiger partial charge < -0.3 is 9.64 Å². The molecule has 1 aromatic heterocycles. The molecule has 0 aliphatic carbocycles. The highest BCUT2D eigenvalue weighted by Gasteiger charge is 2.04. The molecule has 0 radical (unpaired) electrons. The van der Waals surface area contributed by atoms with Crippen molar-refractivity contribution in [3.05, 3.63) is 36.5 Å². The van der Waals surface area contributed by atoms with E-state index in [9.17, 15) is 4.79 Å². The van der Waals surface area contributed by atoms with E-state index < -0.39 is 0 Å². The molecular weight excluding hydrogens is 228 g/mol. The average molecular weight is 244 g/mol. The Kier molecular flexibility index (Phi) is 3.77. The van der Waals surface area contributed by atoms with Crippen LogP contribution in [-0.2, 0) is 4.79 Å². The number of fused-ring (bicyclic) bond motifs is 1. The fourth-order valence-electron chi connectivity index (χ4n) is 1.61. The maximum atomic E-state index is 11.4. The molecule has 0 aliphatic heterocycles. The topological polar surface area (TPSA) is 42.4 Å². The Bertz CT molecular complexity index is 552. The van der Waals surface area contributed by atoms with Gasteiger partial charge in [-0.15, -0.1) is 0 Å². The van der Waals surface area contributed by atoms with Gasteiger partial charge in [-0.25, -0.2) is 0 Å². The van der Waals surface area contributed by atoms with Gasteiger partial charge in [-0.05, 0) is 12.1 Å². The largest absolute Gasteiger partial charge is 0.491 e. The third kappa shape index (κ3) is 2.97. The second-order valence-corrected chi connectivity index (χ2v) is 4.25. The second kappa shape index (κ2) is 5.49. The summed E-state index contributed by atoms with van der Waals surface area (Å²) in [5, 5.41) is 1.04. The monoisotopic (exact) mass is 244 g/mol. The van der Waals surface area contributed by atoms with Gasteiger partial charge in [-0.1, -0.05) is 18.2 Å². The van der Waals surface area contributed by atoms with Crippen molar-refractivity contribution in [3.8, 4) is 5.75 Å². The van der Waals surface area contributed by atoms with Crippen molar-refractivity contribution in [2.45, 2.75) is 6.42 Å². The van der Waals surface area contributed by atoms with Crippen LogP contribution < -0.4 is 4.74 Å². The first-order valence-electron chi connectivity index (χ1n) is 5.84. The predicted octanol–water partition coefficient (Wildman–Crippen LogP) is 2.09. The molecule has 2 aromatic rings. The van der Waals surface area contributed by atoms with Crippen LogP contribution in [0.4, 0.5) is 0 Å². The minimum absolute atomic E-state index is 0.0590. The van der Waals surface area contributed by atoms with Gasteiger partial charge in [0.2, 0.25) is 5.91 Å². The van der Waals surface area contributed by atoms with E-state index in [-0.39, 0.29) is 5.91 Å². The predicted molar refractivity (Wildman–Crippen MR) is 70.5 cm³/mol. The van der Waals surface area contributed by atoms with E-state index in [1.54, 1.807) is 25.2 Å². The van der Waals surface area contributed by atoms with Crippen LogP contribution in [0.2, 0.25) is 0 Å². The molecule has 2 rings (SSSR count). The molecule has 0 aliphatic rings. The molecule has 0 atom stereocenters. The van der Waals surface area contributed by atoms with Crippen molar-refractivity contribution in [1.82, 2.24) is 9.88 Å². The zero-order valence-electron chi connectivity index (χ0n) is 10.6. The molecule has 18 heavy (non-hydrogen) atoms. The Balaban J connectivity index is 1.98. The standard InChI is InChI=1S/C14H16N2O2/c1-16(2)14(17)7-8-18-12-9-11-5-3-4-6-13(11)15-10-12/h3-6,9-10H,7-8H2,1-2H3. The number of para-hydroxylation sites is 1. The summed E-state index contributed by atoms with van der Waals surface area (Å²) in [6, 6.07) is 9.78. The first-order chi connectivity index (χ1) is 8.66. The average Bonchev–Trinajstić information content (AvgIpc) is 2.38. The lowest BCUT2D eigenvalue weighted by Gasteiger charge is -2.11. The van der Waals surface area contributed by atoms with Crippen molar-refractivity contribution < 1.29 is 9.53 Å². The lowest BCUT2D eigenvalue weighted by molar-refractivity contribution is -0.129. The quantitative estimate of drug-likeness (QED) is 0.827. The van der Waals surface area contributed by atoms with E-state index in [1.165, 1.54) is 0 Å². The zero-order valence-corrected chi connectivity index (χ0v) is 10.6. The number of carbonyl (C=O) groups excluding carboxylic acids is 1. The number of rotatable bonds is 4. The number of ether oxygens (including phenoxy) is 1. The molecule has 1 aromatic carbocycles. The highest BCUT2D eigenvalue weighted by molar-refractivity contribution is 5.79. The van der Waals surface area contributed by atoms with E-state index in [1.807, 2.05) is 30.3 Å². The number of amides is 1. The van der Waals surface area contributed by atoms with Gasteiger partial charge in [-0.3, -0.25) is 9.78 Å². The molecule has 0 unspecified atom stereocenters. The minimum Gasteiger partial charge on any atom is -0.491 e. The molecule has 1 heterocycles. The van der Waals surface area contributed by atoms with Gasteiger partial charge in [0.25, 0.3) is 0 Å². The molecule has 0 saturated carbocycles. The van der Waals surface area contributed by atoms with Crippen molar-refractivity contribution in [2.75, 3.05) is 20.7 Å². The second-order valence-electron chi connectivity index (χ2n) is 4.25. The maximum Gasteiger partial charge on any atom is 0.225 e. The number of pyridine rings is 1. The summed E-state index contributed by atoms with van der Waals surface area (Å²) in [4.78, 5) is 17.2. The Hall–Kier alpha value is -2.10. The van der Waals surface area contributed by atoms with Gasteiger partial charge >= 0.3 is 0 Å². The Morgan fingerprint density at radius 2 is 2.11 bits per heavy atom. The van der Waals surface area contributed by atoms with Crippen LogP contribution in [0.5, 0.6) is 5.75 Å². The number of benzene rings is 1. The molecule has 0 bridgehead atoms. The van der Waals surface area contributed by atoms with E-state index in [0.29, 0.717) is 18.8 Å². The molecule has 1 amide bonds.